The SMILES string of the molecule is CCOC(=O)C(Cc1ccc(O)cc1)NC(=O)C(Cc1ccc(O)cc1)NC(=O)OCc1ccccc1. The predicted molar refractivity (Wildman–Crippen MR) is 136 cm³/mol. The van der Waals surface area contributed by atoms with Crippen molar-refractivity contribution in [3.05, 3.63) is 95.6 Å². The Morgan fingerprint density at radius 2 is 1.24 bits per heavy atom. The molecule has 0 aliphatic carbocycles. The van der Waals surface area contributed by atoms with Gasteiger partial charge in [0, 0.05) is 12.8 Å². The van der Waals surface area contributed by atoms with Crippen molar-refractivity contribution < 1.29 is 34.1 Å². The summed E-state index contributed by atoms with van der Waals surface area (Å²) >= 11 is 0. The van der Waals surface area contributed by atoms with Gasteiger partial charge in [-0.25, -0.2) is 9.59 Å². The smallest absolute Gasteiger partial charge is 0.408 e. The van der Waals surface area contributed by atoms with Crippen molar-refractivity contribution in [2.75, 3.05) is 6.61 Å². The number of phenols is 2. The monoisotopic (exact) mass is 506 g/mol. The molecule has 0 saturated carbocycles. The van der Waals surface area contributed by atoms with E-state index in [-0.39, 0.29) is 37.6 Å². The number of ether oxygens (including phenoxy) is 2. The first-order valence-electron chi connectivity index (χ1n) is 11.8. The molecule has 194 valence electrons. The third-order valence-electron chi connectivity index (χ3n) is 5.46. The van der Waals surface area contributed by atoms with Crippen LogP contribution in [0.3, 0.4) is 0 Å². The number of esters is 1. The van der Waals surface area contributed by atoms with Gasteiger partial charge in [0.25, 0.3) is 0 Å². The molecule has 2 atom stereocenters. The molecule has 9 heteroatoms. The molecule has 0 spiro atoms. The van der Waals surface area contributed by atoms with Gasteiger partial charge in [0.1, 0.15) is 30.2 Å². The number of amides is 2. The van der Waals surface area contributed by atoms with Crippen LogP contribution in [0, 0.1) is 0 Å². The largest absolute Gasteiger partial charge is 0.508 e. The number of aromatic hydroxyl groups is 2. The van der Waals surface area contributed by atoms with Crippen LogP contribution >= 0.6 is 0 Å². The number of nitrogens with one attached hydrogen (secondary N) is 2. The molecule has 0 radical (unpaired) electrons. The second-order valence-electron chi connectivity index (χ2n) is 8.31. The summed E-state index contributed by atoms with van der Waals surface area (Å²) in [5.41, 5.74) is 2.16. The van der Waals surface area contributed by atoms with Gasteiger partial charge in [-0.2, -0.15) is 0 Å². The molecule has 0 aliphatic rings. The number of carbonyl (C=O) groups is 3. The zero-order valence-corrected chi connectivity index (χ0v) is 20.4. The van der Waals surface area contributed by atoms with Crippen LogP contribution in [0.5, 0.6) is 11.5 Å². The maximum absolute atomic E-state index is 13.3. The van der Waals surface area contributed by atoms with Gasteiger partial charge < -0.3 is 30.3 Å². The number of benzene rings is 3. The highest BCUT2D eigenvalue weighted by atomic mass is 16.5. The quantitative estimate of drug-likeness (QED) is 0.293. The van der Waals surface area contributed by atoms with Crippen molar-refractivity contribution in [2.45, 2.75) is 38.5 Å². The molecule has 0 heterocycles. The van der Waals surface area contributed by atoms with Crippen molar-refractivity contribution in [1.82, 2.24) is 10.6 Å². The molecule has 0 saturated heterocycles. The summed E-state index contributed by atoms with van der Waals surface area (Å²) in [7, 11) is 0. The van der Waals surface area contributed by atoms with Crippen molar-refractivity contribution >= 4 is 18.0 Å². The van der Waals surface area contributed by atoms with E-state index in [0.717, 1.165) is 5.56 Å². The molecule has 0 fully saturated rings. The number of carbonyl (C=O) groups excluding carboxylic acids is 3. The van der Waals surface area contributed by atoms with Crippen LogP contribution in [0.2, 0.25) is 0 Å². The van der Waals surface area contributed by atoms with E-state index in [1.165, 1.54) is 24.3 Å². The Hall–Kier alpha value is -4.53. The van der Waals surface area contributed by atoms with Gasteiger partial charge in [0.15, 0.2) is 0 Å². The maximum Gasteiger partial charge on any atom is 0.408 e. The van der Waals surface area contributed by atoms with Gasteiger partial charge in [-0.3, -0.25) is 4.79 Å². The van der Waals surface area contributed by atoms with E-state index in [1.807, 2.05) is 18.2 Å². The standard InChI is InChI=1S/C28H30N2O7/c1-2-36-27(34)25(17-20-10-14-23(32)15-11-20)29-26(33)24(16-19-8-12-22(31)13-9-19)30-28(35)37-18-21-6-4-3-5-7-21/h3-15,24-25,31-32H,2,16-18H2,1H3,(H,29,33)(H,30,35). The maximum atomic E-state index is 13.3. The Kier molecular flexibility index (Phi) is 9.90. The molecular weight excluding hydrogens is 476 g/mol. The fourth-order valence-corrected chi connectivity index (χ4v) is 3.56. The molecule has 0 aliphatic heterocycles. The molecule has 0 aromatic heterocycles. The molecule has 3 rings (SSSR count). The Labute approximate surface area is 215 Å². The molecule has 3 aromatic carbocycles. The van der Waals surface area contributed by atoms with Crippen LogP contribution in [0.1, 0.15) is 23.6 Å². The lowest BCUT2D eigenvalue weighted by Crippen LogP contribution is -2.53. The Balaban J connectivity index is 1.74. The fraction of sp³-hybridized carbons (Fsp3) is 0.250. The van der Waals surface area contributed by atoms with Crippen molar-refractivity contribution in [3.8, 4) is 11.5 Å². The van der Waals surface area contributed by atoms with Gasteiger partial charge in [-0.05, 0) is 47.9 Å². The summed E-state index contributed by atoms with van der Waals surface area (Å²) in [6.07, 6.45) is -0.592. The van der Waals surface area contributed by atoms with Crippen LogP contribution in [-0.4, -0.2) is 46.9 Å². The normalized spacial score (nSPS) is 12.1. The van der Waals surface area contributed by atoms with Crippen LogP contribution in [0.25, 0.3) is 0 Å². The first-order chi connectivity index (χ1) is 17.8. The minimum Gasteiger partial charge on any atom is -0.508 e. The summed E-state index contributed by atoms with van der Waals surface area (Å²) in [6.45, 7) is 1.81. The molecule has 37 heavy (non-hydrogen) atoms. The van der Waals surface area contributed by atoms with E-state index < -0.39 is 30.1 Å². The third kappa shape index (κ3) is 8.88. The van der Waals surface area contributed by atoms with Crippen LogP contribution in [-0.2, 0) is 38.5 Å². The van der Waals surface area contributed by atoms with Crippen molar-refractivity contribution in [1.29, 1.82) is 0 Å². The number of rotatable bonds is 11. The highest BCUT2D eigenvalue weighted by Crippen LogP contribution is 2.14. The highest BCUT2D eigenvalue weighted by molar-refractivity contribution is 5.90. The van der Waals surface area contributed by atoms with E-state index in [0.29, 0.717) is 11.1 Å². The minimum absolute atomic E-state index is 0.0204. The Bertz CT molecular complexity index is 1170. The second-order valence-corrected chi connectivity index (χ2v) is 8.31. The molecule has 2 unspecified atom stereocenters. The number of hydrogen-bond acceptors (Lipinski definition) is 7. The molecular formula is C28H30N2O7. The first kappa shape index (κ1) is 27.1. The summed E-state index contributed by atoms with van der Waals surface area (Å²) in [5, 5.41) is 24.4. The Morgan fingerprint density at radius 1 is 0.703 bits per heavy atom. The molecule has 9 nitrogen and oxygen atoms in total. The van der Waals surface area contributed by atoms with E-state index >= 15 is 0 Å². The van der Waals surface area contributed by atoms with Gasteiger partial charge in [-0.1, -0.05) is 54.6 Å². The van der Waals surface area contributed by atoms with Gasteiger partial charge in [0.2, 0.25) is 5.91 Å². The van der Waals surface area contributed by atoms with Crippen LogP contribution in [0.15, 0.2) is 78.9 Å². The van der Waals surface area contributed by atoms with E-state index in [9.17, 15) is 24.6 Å². The van der Waals surface area contributed by atoms with E-state index in [2.05, 4.69) is 10.6 Å². The Morgan fingerprint density at radius 3 is 1.78 bits per heavy atom. The van der Waals surface area contributed by atoms with Crippen LogP contribution in [0.4, 0.5) is 4.79 Å². The highest BCUT2D eigenvalue weighted by Gasteiger charge is 2.28. The van der Waals surface area contributed by atoms with Crippen molar-refractivity contribution in [2.24, 2.45) is 0 Å². The zero-order valence-electron chi connectivity index (χ0n) is 20.4. The second kappa shape index (κ2) is 13.5. The topological polar surface area (TPSA) is 134 Å². The third-order valence-corrected chi connectivity index (χ3v) is 5.46. The summed E-state index contributed by atoms with van der Waals surface area (Å²) in [4.78, 5) is 38.5. The summed E-state index contributed by atoms with van der Waals surface area (Å²) < 4.78 is 10.4. The number of alkyl carbamates (subject to hydrolysis) is 1. The molecule has 4 N–H and O–H groups in total. The van der Waals surface area contributed by atoms with Crippen LogP contribution < -0.4 is 10.6 Å². The number of phenolic OH excluding ortho intramolecular Hbond substituents is 2. The average Bonchev–Trinajstić information content (AvgIpc) is 2.90. The lowest BCUT2D eigenvalue weighted by atomic mass is 10.0. The van der Waals surface area contributed by atoms with Gasteiger partial charge in [-0.15, -0.1) is 0 Å². The zero-order chi connectivity index (χ0) is 26.6. The molecule has 3 aromatic rings. The lowest BCUT2D eigenvalue weighted by molar-refractivity contribution is -0.147. The molecule has 2 amide bonds. The summed E-state index contributed by atoms with van der Waals surface area (Å²) in [6, 6.07) is 19.5. The van der Waals surface area contributed by atoms with Crippen molar-refractivity contribution in [3.63, 3.8) is 0 Å². The van der Waals surface area contributed by atoms with E-state index in [4.69, 9.17) is 9.47 Å². The first-order valence-corrected chi connectivity index (χ1v) is 11.8. The summed E-state index contributed by atoms with van der Waals surface area (Å²) in [5.74, 6) is -1.09. The predicted octanol–water partition coefficient (Wildman–Crippen LogP) is 3.23. The van der Waals surface area contributed by atoms with Gasteiger partial charge in [0.05, 0.1) is 6.61 Å². The molecule has 0 bridgehead atoms. The average molecular weight is 507 g/mol. The van der Waals surface area contributed by atoms with Gasteiger partial charge >= 0.3 is 12.1 Å². The number of hydrogen-bond donors (Lipinski definition) is 4. The van der Waals surface area contributed by atoms with E-state index in [1.54, 1.807) is 43.3 Å². The fourth-order valence-electron chi connectivity index (χ4n) is 3.56. The lowest BCUT2D eigenvalue weighted by Gasteiger charge is -2.23. The minimum atomic E-state index is -1.08.